The molecule has 3 aromatic heterocycles. The van der Waals surface area contributed by atoms with Crippen molar-refractivity contribution in [2.24, 2.45) is 0 Å². The van der Waals surface area contributed by atoms with Gasteiger partial charge < -0.3 is 10.2 Å². The summed E-state index contributed by atoms with van der Waals surface area (Å²) in [5.41, 5.74) is 2.33. The summed E-state index contributed by atoms with van der Waals surface area (Å²) >= 11 is 0. The van der Waals surface area contributed by atoms with Crippen LogP contribution in [-0.2, 0) is 16.6 Å². The molecule has 0 bridgehead atoms. The Morgan fingerprint density at radius 3 is 2.34 bits per heavy atom. The van der Waals surface area contributed by atoms with Crippen LogP contribution in [-0.4, -0.2) is 63.9 Å². The van der Waals surface area contributed by atoms with E-state index in [1.165, 1.54) is 4.31 Å². The third kappa shape index (κ3) is 4.30. The summed E-state index contributed by atoms with van der Waals surface area (Å²) < 4.78 is 29.8. The van der Waals surface area contributed by atoms with Crippen molar-refractivity contribution in [1.29, 1.82) is 0 Å². The highest BCUT2D eigenvalue weighted by atomic mass is 32.2. The number of nitrogens with one attached hydrogen (secondary N) is 1. The van der Waals surface area contributed by atoms with E-state index in [1.807, 2.05) is 49.9 Å². The van der Waals surface area contributed by atoms with Crippen LogP contribution in [0.25, 0.3) is 0 Å². The predicted molar refractivity (Wildman–Crippen MR) is 123 cm³/mol. The Bertz CT molecular complexity index is 1200. The molecule has 1 saturated heterocycles. The number of aromatic nitrogens is 5. The Labute approximate surface area is 188 Å². The summed E-state index contributed by atoms with van der Waals surface area (Å²) in [5, 5.41) is 16.1. The molecule has 1 aliphatic heterocycles. The minimum Gasteiger partial charge on any atom is -0.352 e. The second-order valence-corrected chi connectivity index (χ2v) is 9.70. The molecule has 0 amide bonds. The quantitative estimate of drug-likeness (QED) is 0.602. The molecule has 1 aliphatic rings. The SMILES string of the molecule is CCn1nc(C)c(S(=O)(=O)N2CCN(c3ccc(Nc4cc(C)ccn4)nn3)CC2)c1C. The molecule has 10 nitrogen and oxygen atoms in total. The van der Waals surface area contributed by atoms with Crippen molar-refractivity contribution in [2.45, 2.75) is 39.1 Å². The molecule has 4 rings (SSSR count). The highest BCUT2D eigenvalue weighted by molar-refractivity contribution is 7.89. The smallest absolute Gasteiger partial charge is 0.246 e. The summed E-state index contributed by atoms with van der Waals surface area (Å²) in [5.74, 6) is 2.03. The first kappa shape index (κ1) is 22.2. The Morgan fingerprint density at radius 1 is 1.00 bits per heavy atom. The molecule has 0 aliphatic carbocycles. The Balaban J connectivity index is 1.42. The molecular weight excluding hydrogens is 428 g/mol. The lowest BCUT2D eigenvalue weighted by Crippen LogP contribution is -2.49. The molecule has 4 heterocycles. The van der Waals surface area contributed by atoms with Gasteiger partial charge in [-0.1, -0.05) is 0 Å². The van der Waals surface area contributed by atoms with Crippen molar-refractivity contribution in [3.63, 3.8) is 0 Å². The number of aryl methyl sites for hydroxylation is 3. The van der Waals surface area contributed by atoms with E-state index in [0.29, 0.717) is 60.6 Å². The first-order chi connectivity index (χ1) is 15.3. The monoisotopic (exact) mass is 456 g/mol. The van der Waals surface area contributed by atoms with Gasteiger partial charge in [0.25, 0.3) is 0 Å². The highest BCUT2D eigenvalue weighted by Gasteiger charge is 2.33. The van der Waals surface area contributed by atoms with Gasteiger partial charge in [-0.15, -0.1) is 10.2 Å². The molecule has 32 heavy (non-hydrogen) atoms. The van der Waals surface area contributed by atoms with E-state index < -0.39 is 10.0 Å². The highest BCUT2D eigenvalue weighted by Crippen LogP contribution is 2.25. The number of hydrogen-bond acceptors (Lipinski definition) is 8. The van der Waals surface area contributed by atoms with Gasteiger partial charge in [0, 0.05) is 38.9 Å². The van der Waals surface area contributed by atoms with Crippen molar-refractivity contribution in [2.75, 3.05) is 36.4 Å². The summed E-state index contributed by atoms with van der Waals surface area (Å²) in [4.78, 5) is 6.64. The molecule has 0 atom stereocenters. The van der Waals surface area contributed by atoms with Crippen molar-refractivity contribution in [3.8, 4) is 0 Å². The average molecular weight is 457 g/mol. The number of pyridine rings is 1. The maximum absolute atomic E-state index is 13.3. The van der Waals surface area contributed by atoms with Gasteiger partial charge >= 0.3 is 0 Å². The van der Waals surface area contributed by atoms with Gasteiger partial charge in [0.2, 0.25) is 10.0 Å². The van der Waals surface area contributed by atoms with E-state index in [9.17, 15) is 8.42 Å². The third-order valence-electron chi connectivity index (χ3n) is 5.60. The van der Waals surface area contributed by atoms with Gasteiger partial charge in [-0.25, -0.2) is 13.4 Å². The van der Waals surface area contributed by atoms with Crippen LogP contribution in [0.15, 0.2) is 35.4 Å². The Kier molecular flexibility index (Phi) is 6.11. The number of nitrogens with zero attached hydrogens (tertiary/aromatic N) is 7. The molecule has 0 unspecified atom stereocenters. The van der Waals surface area contributed by atoms with Gasteiger partial charge in [-0.2, -0.15) is 9.40 Å². The summed E-state index contributed by atoms with van der Waals surface area (Å²) in [6, 6.07) is 7.59. The van der Waals surface area contributed by atoms with Crippen LogP contribution in [0.1, 0.15) is 23.9 Å². The van der Waals surface area contributed by atoms with Crippen molar-refractivity contribution >= 4 is 27.5 Å². The molecule has 0 spiro atoms. The lowest BCUT2D eigenvalue weighted by molar-refractivity contribution is 0.383. The van der Waals surface area contributed by atoms with Crippen molar-refractivity contribution in [3.05, 3.63) is 47.4 Å². The van der Waals surface area contributed by atoms with Crippen LogP contribution in [0.2, 0.25) is 0 Å². The van der Waals surface area contributed by atoms with Crippen LogP contribution in [0.5, 0.6) is 0 Å². The van der Waals surface area contributed by atoms with Crippen molar-refractivity contribution < 1.29 is 8.42 Å². The molecule has 3 aromatic rings. The molecule has 0 radical (unpaired) electrons. The van der Waals surface area contributed by atoms with E-state index in [1.54, 1.807) is 17.8 Å². The maximum Gasteiger partial charge on any atom is 0.246 e. The van der Waals surface area contributed by atoms with E-state index in [-0.39, 0.29) is 0 Å². The Hall–Kier alpha value is -3.05. The second-order valence-electron chi connectivity index (χ2n) is 7.83. The zero-order valence-electron chi connectivity index (χ0n) is 18.8. The van der Waals surface area contributed by atoms with Crippen LogP contribution in [0.4, 0.5) is 17.5 Å². The molecule has 0 saturated carbocycles. The lowest BCUT2D eigenvalue weighted by atomic mass is 10.3. The molecule has 1 fully saturated rings. The van der Waals surface area contributed by atoms with Gasteiger partial charge in [0.15, 0.2) is 11.6 Å². The average Bonchev–Trinajstić information content (AvgIpc) is 3.08. The first-order valence-electron chi connectivity index (χ1n) is 10.6. The summed E-state index contributed by atoms with van der Waals surface area (Å²) in [7, 11) is -3.59. The van der Waals surface area contributed by atoms with E-state index in [0.717, 1.165) is 11.4 Å². The largest absolute Gasteiger partial charge is 0.352 e. The van der Waals surface area contributed by atoms with Crippen LogP contribution in [0.3, 0.4) is 0 Å². The number of rotatable bonds is 6. The molecule has 11 heteroatoms. The van der Waals surface area contributed by atoms with Gasteiger partial charge in [0.1, 0.15) is 10.7 Å². The molecular formula is C21H28N8O2S. The van der Waals surface area contributed by atoms with Gasteiger partial charge in [-0.3, -0.25) is 4.68 Å². The van der Waals surface area contributed by atoms with Gasteiger partial charge in [-0.05, 0) is 57.5 Å². The predicted octanol–water partition coefficient (Wildman–Crippen LogP) is 2.27. The number of sulfonamides is 1. The van der Waals surface area contributed by atoms with Crippen LogP contribution < -0.4 is 10.2 Å². The fourth-order valence-electron chi connectivity index (χ4n) is 3.94. The second kappa shape index (κ2) is 8.83. The van der Waals surface area contributed by atoms with Crippen molar-refractivity contribution in [1.82, 2.24) is 29.3 Å². The normalized spacial score (nSPS) is 15.2. The standard InChI is InChI=1S/C21H28N8O2S/c1-5-29-17(4)21(16(3)26-29)32(30,31)28-12-10-27(11-13-28)20-7-6-18(24-25-20)23-19-14-15(2)8-9-22-19/h6-9,14H,5,10-13H2,1-4H3,(H,22,23,24). The number of piperazine rings is 1. The molecule has 1 N–H and O–H groups in total. The minimum atomic E-state index is -3.59. The fourth-order valence-corrected chi connectivity index (χ4v) is 5.74. The van der Waals surface area contributed by atoms with Crippen LogP contribution in [0, 0.1) is 20.8 Å². The van der Waals surface area contributed by atoms with Gasteiger partial charge in [0.05, 0.1) is 11.4 Å². The lowest BCUT2D eigenvalue weighted by Gasteiger charge is -2.34. The summed E-state index contributed by atoms with van der Waals surface area (Å²) in [6.07, 6.45) is 1.74. The van der Waals surface area contributed by atoms with E-state index in [2.05, 4.69) is 25.6 Å². The van der Waals surface area contributed by atoms with Crippen LogP contribution >= 0.6 is 0 Å². The maximum atomic E-state index is 13.3. The number of hydrogen-bond donors (Lipinski definition) is 1. The molecule has 170 valence electrons. The molecule has 0 aromatic carbocycles. The summed E-state index contributed by atoms with van der Waals surface area (Å²) in [6.45, 7) is 10.00. The zero-order chi connectivity index (χ0) is 22.9. The fraction of sp³-hybridized carbons (Fsp3) is 0.429. The number of anilines is 3. The minimum absolute atomic E-state index is 0.327. The van der Waals surface area contributed by atoms with E-state index >= 15 is 0 Å². The topological polar surface area (TPSA) is 109 Å². The first-order valence-corrected chi connectivity index (χ1v) is 12.1. The van der Waals surface area contributed by atoms with E-state index in [4.69, 9.17) is 0 Å². The zero-order valence-corrected chi connectivity index (χ0v) is 19.6. The Morgan fingerprint density at radius 2 is 1.75 bits per heavy atom. The third-order valence-corrected chi connectivity index (χ3v) is 7.75.